The number of aliphatic carboxylic acids is 1. The molecule has 152 valence electrons. The number of benzene rings is 3. The van der Waals surface area contributed by atoms with Crippen molar-refractivity contribution in [3.8, 4) is 28.1 Å². The Hall–Kier alpha value is -4.25. The summed E-state index contributed by atoms with van der Waals surface area (Å²) in [5, 5.41) is 9.09. The average molecular weight is 408 g/mol. The molecule has 1 heterocycles. The largest absolute Gasteiger partial charge is 0.489 e. The summed E-state index contributed by atoms with van der Waals surface area (Å²) in [5.74, 6) is -0.226. The number of carboxylic acids is 1. The van der Waals surface area contributed by atoms with Crippen molar-refractivity contribution in [2.45, 2.75) is 6.61 Å². The Morgan fingerprint density at radius 1 is 0.935 bits per heavy atom. The van der Waals surface area contributed by atoms with Crippen molar-refractivity contribution in [2.24, 2.45) is 0 Å². The first kappa shape index (κ1) is 20.0. The summed E-state index contributed by atoms with van der Waals surface area (Å²) in [6, 6.07) is 25.5. The number of carbonyl (C=O) groups is 1. The molecule has 1 N–H and O–H groups in total. The maximum Gasteiger partial charge on any atom is 0.328 e. The normalized spacial score (nSPS) is 10.8. The molecular formula is C26H20N2O3. The van der Waals surface area contributed by atoms with E-state index in [9.17, 15) is 4.79 Å². The Morgan fingerprint density at radius 3 is 2.42 bits per heavy atom. The maximum atomic E-state index is 11.1. The average Bonchev–Trinajstić information content (AvgIpc) is 2.83. The van der Waals surface area contributed by atoms with Gasteiger partial charge >= 0.3 is 5.97 Å². The summed E-state index contributed by atoms with van der Waals surface area (Å²) < 4.78 is 5.86. The molecule has 0 aliphatic rings. The van der Waals surface area contributed by atoms with Crippen LogP contribution in [0.2, 0.25) is 0 Å². The minimum atomic E-state index is -0.997. The van der Waals surface area contributed by atoms with Crippen LogP contribution in [0.25, 0.3) is 28.5 Å². The van der Waals surface area contributed by atoms with E-state index in [1.54, 1.807) is 12.3 Å². The van der Waals surface area contributed by atoms with Crippen molar-refractivity contribution >= 4 is 12.0 Å². The van der Waals surface area contributed by atoms with Gasteiger partial charge in [0.2, 0.25) is 0 Å². The molecule has 4 rings (SSSR count). The summed E-state index contributed by atoms with van der Waals surface area (Å²) in [6.45, 7) is 0.500. The molecule has 1 aromatic heterocycles. The van der Waals surface area contributed by atoms with Gasteiger partial charge in [-0.3, -0.25) is 0 Å². The molecule has 0 spiro atoms. The van der Waals surface area contributed by atoms with Gasteiger partial charge in [-0.1, -0.05) is 54.6 Å². The van der Waals surface area contributed by atoms with Gasteiger partial charge in [-0.25, -0.2) is 14.8 Å². The monoisotopic (exact) mass is 408 g/mol. The third-order valence-electron chi connectivity index (χ3n) is 4.75. The fourth-order valence-corrected chi connectivity index (χ4v) is 3.22. The van der Waals surface area contributed by atoms with Crippen LogP contribution in [0.3, 0.4) is 0 Å². The van der Waals surface area contributed by atoms with Crippen molar-refractivity contribution in [3.63, 3.8) is 0 Å². The summed E-state index contributed by atoms with van der Waals surface area (Å²) >= 11 is 0. The molecule has 0 aliphatic heterocycles. The number of rotatable bonds is 7. The molecule has 0 amide bonds. The van der Waals surface area contributed by atoms with Crippen LogP contribution >= 0.6 is 0 Å². The number of aromatic nitrogens is 2. The smallest absolute Gasteiger partial charge is 0.328 e. The van der Waals surface area contributed by atoms with Gasteiger partial charge in [0.25, 0.3) is 0 Å². The van der Waals surface area contributed by atoms with Crippen molar-refractivity contribution in [3.05, 3.63) is 109 Å². The van der Waals surface area contributed by atoms with E-state index in [0.717, 1.165) is 45.3 Å². The lowest BCUT2D eigenvalue weighted by molar-refractivity contribution is -0.131. The molecule has 0 saturated carbocycles. The van der Waals surface area contributed by atoms with Gasteiger partial charge in [-0.05, 0) is 52.6 Å². The van der Waals surface area contributed by atoms with E-state index in [1.807, 2.05) is 78.9 Å². The number of carboxylic acid groups (broad SMARTS) is 1. The quantitative estimate of drug-likeness (QED) is 0.410. The second kappa shape index (κ2) is 9.50. The third-order valence-corrected chi connectivity index (χ3v) is 4.75. The minimum Gasteiger partial charge on any atom is -0.489 e. The van der Waals surface area contributed by atoms with Crippen LogP contribution in [0.4, 0.5) is 0 Å². The molecule has 0 fully saturated rings. The fourth-order valence-electron chi connectivity index (χ4n) is 3.22. The zero-order valence-electron chi connectivity index (χ0n) is 16.7. The fraction of sp³-hybridized carbons (Fsp3) is 0.0385. The molecule has 3 aromatic carbocycles. The summed E-state index contributed by atoms with van der Waals surface area (Å²) in [7, 11) is 0. The van der Waals surface area contributed by atoms with Gasteiger partial charge in [0.05, 0.1) is 5.69 Å². The van der Waals surface area contributed by atoms with E-state index in [4.69, 9.17) is 9.84 Å². The summed E-state index contributed by atoms with van der Waals surface area (Å²) in [6.07, 6.45) is 5.91. The first-order valence-electron chi connectivity index (χ1n) is 9.78. The highest BCUT2D eigenvalue weighted by Crippen LogP contribution is 2.30. The van der Waals surface area contributed by atoms with Crippen molar-refractivity contribution in [2.75, 3.05) is 0 Å². The Labute approximate surface area is 180 Å². The maximum absolute atomic E-state index is 11.1. The standard InChI is InChI=1S/C26H20N2O3/c29-26(30)13-9-21-16-22(25-14-15-27-18-28-25)8-12-24(21)20-6-10-23(11-7-20)31-17-19-4-2-1-3-5-19/h1-16,18H,17H2,(H,29,30)/b13-9+. The zero-order chi connectivity index (χ0) is 21.5. The predicted octanol–water partition coefficient (Wildman–Crippen LogP) is 5.49. The molecule has 0 bridgehead atoms. The number of hydrogen-bond donors (Lipinski definition) is 1. The number of nitrogens with zero attached hydrogens (tertiary/aromatic N) is 2. The van der Waals surface area contributed by atoms with Crippen LogP contribution in [0.5, 0.6) is 5.75 Å². The van der Waals surface area contributed by atoms with Gasteiger partial charge in [0.15, 0.2) is 0 Å². The Balaban J connectivity index is 1.60. The van der Waals surface area contributed by atoms with Crippen molar-refractivity contribution in [1.82, 2.24) is 9.97 Å². The highest BCUT2D eigenvalue weighted by molar-refractivity contribution is 5.89. The molecule has 5 nitrogen and oxygen atoms in total. The van der Waals surface area contributed by atoms with Crippen LogP contribution in [0.15, 0.2) is 97.5 Å². The lowest BCUT2D eigenvalue weighted by atomic mass is 9.96. The van der Waals surface area contributed by atoms with E-state index in [1.165, 1.54) is 6.33 Å². The van der Waals surface area contributed by atoms with E-state index >= 15 is 0 Å². The lowest BCUT2D eigenvalue weighted by Gasteiger charge is -2.11. The topological polar surface area (TPSA) is 72.3 Å². The van der Waals surface area contributed by atoms with Gasteiger partial charge < -0.3 is 9.84 Å². The molecular weight excluding hydrogens is 388 g/mol. The zero-order valence-corrected chi connectivity index (χ0v) is 16.7. The van der Waals surface area contributed by atoms with E-state index < -0.39 is 5.97 Å². The molecule has 0 atom stereocenters. The second-order valence-corrected chi connectivity index (χ2v) is 6.87. The molecule has 0 unspecified atom stereocenters. The highest BCUT2D eigenvalue weighted by atomic mass is 16.5. The first-order valence-corrected chi connectivity index (χ1v) is 9.78. The SMILES string of the molecule is O=C(O)/C=C/c1cc(-c2ccncn2)ccc1-c1ccc(OCc2ccccc2)cc1. The van der Waals surface area contributed by atoms with E-state index in [-0.39, 0.29) is 0 Å². The number of ether oxygens (including phenoxy) is 1. The molecule has 5 heteroatoms. The van der Waals surface area contributed by atoms with E-state index in [2.05, 4.69) is 9.97 Å². The van der Waals surface area contributed by atoms with Gasteiger partial charge in [-0.2, -0.15) is 0 Å². The van der Waals surface area contributed by atoms with Gasteiger partial charge in [-0.15, -0.1) is 0 Å². The molecule has 4 aromatic rings. The summed E-state index contributed by atoms with van der Waals surface area (Å²) in [4.78, 5) is 19.3. The molecule has 31 heavy (non-hydrogen) atoms. The lowest BCUT2D eigenvalue weighted by Crippen LogP contribution is -1.95. The molecule has 0 radical (unpaired) electrons. The molecule has 0 aliphatic carbocycles. The van der Waals surface area contributed by atoms with Crippen LogP contribution in [-0.2, 0) is 11.4 Å². The summed E-state index contributed by atoms with van der Waals surface area (Å²) in [5.41, 5.74) is 5.44. The Kier molecular flexibility index (Phi) is 6.14. The minimum absolute atomic E-state index is 0.500. The van der Waals surface area contributed by atoms with Crippen molar-refractivity contribution in [1.29, 1.82) is 0 Å². The second-order valence-electron chi connectivity index (χ2n) is 6.87. The Bertz CT molecular complexity index is 1190. The third kappa shape index (κ3) is 5.22. The predicted molar refractivity (Wildman–Crippen MR) is 120 cm³/mol. The van der Waals surface area contributed by atoms with Crippen LogP contribution in [-0.4, -0.2) is 21.0 Å². The van der Waals surface area contributed by atoms with Gasteiger partial charge in [0.1, 0.15) is 18.7 Å². The van der Waals surface area contributed by atoms with Crippen molar-refractivity contribution < 1.29 is 14.6 Å². The first-order chi connectivity index (χ1) is 15.2. The highest BCUT2D eigenvalue weighted by Gasteiger charge is 2.08. The van der Waals surface area contributed by atoms with Crippen LogP contribution < -0.4 is 4.74 Å². The van der Waals surface area contributed by atoms with E-state index in [0.29, 0.717) is 6.61 Å². The Morgan fingerprint density at radius 2 is 1.71 bits per heavy atom. The van der Waals surface area contributed by atoms with Crippen LogP contribution in [0, 0.1) is 0 Å². The molecule has 0 saturated heterocycles. The number of hydrogen-bond acceptors (Lipinski definition) is 4. The van der Waals surface area contributed by atoms with Crippen LogP contribution in [0.1, 0.15) is 11.1 Å². The van der Waals surface area contributed by atoms with Gasteiger partial charge in [0, 0.05) is 17.8 Å².